The van der Waals surface area contributed by atoms with Crippen molar-refractivity contribution in [2.45, 2.75) is 31.2 Å². The maximum absolute atomic E-state index is 12.4. The fourth-order valence-electron chi connectivity index (χ4n) is 2.55. The molecule has 0 aliphatic heterocycles. The molecule has 0 unspecified atom stereocenters. The highest BCUT2D eigenvalue weighted by Gasteiger charge is 2.15. The van der Waals surface area contributed by atoms with E-state index in [-0.39, 0.29) is 4.90 Å². The molecule has 1 N–H and O–H groups in total. The molecule has 0 saturated heterocycles. The van der Waals surface area contributed by atoms with Crippen LogP contribution in [0, 0.1) is 0 Å². The van der Waals surface area contributed by atoms with Gasteiger partial charge < -0.3 is 0 Å². The highest BCUT2D eigenvalue weighted by molar-refractivity contribution is 7.92. The van der Waals surface area contributed by atoms with Gasteiger partial charge in [0.05, 0.1) is 16.8 Å². The summed E-state index contributed by atoms with van der Waals surface area (Å²) in [6.45, 7) is 2.72. The Labute approximate surface area is 148 Å². The van der Waals surface area contributed by atoms with Crippen molar-refractivity contribution in [1.29, 1.82) is 0 Å². The average molecular weight is 355 g/mol. The molecule has 0 radical (unpaired) electrons. The van der Waals surface area contributed by atoms with Gasteiger partial charge in [0.1, 0.15) is 0 Å². The van der Waals surface area contributed by atoms with Crippen LogP contribution in [-0.2, 0) is 29.4 Å². The van der Waals surface area contributed by atoms with E-state index in [1.54, 1.807) is 23.0 Å². The van der Waals surface area contributed by atoms with Gasteiger partial charge in [-0.3, -0.25) is 9.40 Å². The SMILES string of the molecule is CCc1ccc(S(=O)(=O)Nc2cnn(CCc3ccccc3)c2)cc1. The summed E-state index contributed by atoms with van der Waals surface area (Å²) in [5.74, 6) is 0. The number of nitrogens with zero attached hydrogens (tertiary/aromatic N) is 2. The molecule has 2 aromatic carbocycles. The van der Waals surface area contributed by atoms with Crippen molar-refractivity contribution in [1.82, 2.24) is 9.78 Å². The number of aryl methyl sites for hydroxylation is 3. The first-order valence-corrected chi connectivity index (χ1v) is 9.73. The minimum absolute atomic E-state index is 0.252. The van der Waals surface area contributed by atoms with E-state index in [1.807, 2.05) is 37.3 Å². The van der Waals surface area contributed by atoms with Crippen molar-refractivity contribution in [3.05, 3.63) is 78.1 Å². The summed E-state index contributed by atoms with van der Waals surface area (Å²) < 4.78 is 29.2. The van der Waals surface area contributed by atoms with Crippen molar-refractivity contribution < 1.29 is 8.42 Å². The van der Waals surface area contributed by atoms with Gasteiger partial charge in [0.15, 0.2) is 0 Å². The van der Waals surface area contributed by atoms with Gasteiger partial charge in [0, 0.05) is 12.7 Å². The third-order valence-corrected chi connectivity index (χ3v) is 5.40. The van der Waals surface area contributed by atoms with Crippen LogP contribution in [0.25, 0.3) is 0 Å². The molecule has 25 heavy (non-hydrogen) atoms. The molecule has 0 aliphatic carbocycles. The molecular weight excluding hydrogens is 334 g/mol. The minimum Gasteiger partial charge on any atom is -0.276 e. The van der Waals surface area contributed by atoms with E-state index in [0.717, 1.165) is 18.4 Å². The number of aromatic nitrogens is 2. The predicted octanol–water partition coefficient (Wildman–Crippen LogP) is 3.49. The molecule has 5 nitrogen and oxygen atoms in total. The van der Waals surface area contributed by atoms with Crippen LogP contribution in [0.5, 0.6) is 0 Å². The maximum Gasteiger partial charge on any atom is 0.261 e. The van der Waals surface area contributed by atoms with E-state index in [2.05, 4.69) is 22.0 Å². The van der Waals surface area contributed by atoms with Gasteiger partial charge in [0.2, 0.25) is 0 Å². The summed E-state index contributed by atoms with van der Waals surface area (Å²) in [6.07, 6.45) is 4.96. The first kappa shape index (κ1) is 17.2. The zero-order valence-electron chi connectivity index (χ0n) is 14.1. The van der Waals surface area contributed by atoms with E-state index in [1.165, 1.54) is 11.8 Å². The molecular formula is C19H21N3O2S. The lowest BCUT2D eigenvalue weighted by molar-refractivity contribution is 0.601. The van der Waals surface area contributed by atoms with Gasteiger partial charge in [-0.05, 0) is 36.1 Å². The number of hydrogen-bond acceptors (Lipinski definition) is 3. The molecule has 1 aromatic heterocycles. The van der Waals surface area contributed by atoms with Gasteiger partial charge in [-0.15, -0.1) is 0 Å². The Morgan fingerprint density at radius 2 is 1.72 bits per heavy atom. The Morgan fingerprint density at radius 3 is 2.40 bits per heavy atom. The second-order valence-electron chi connectivity index (χ2n) is 5.83. The maximum atomic E-state index is 12.4. The van der Waals surface area contributed by atoms with Gasteiger partial charge >= 0.3 is 0 Å². The summed E-state index contributed by atoms with van der Waals surface area (Å²) in [5, 5.41) is 4.23. The molecule has 0 saturated carbocycles. The molecule has 1 heterocycles. The average Bonchev–Trinajstić information content (AvgIpc) is 3.07. The molecule has 6 heteroatoms. The van der Waals surface area contributed by atoms with Gasteiger partial charge in [0.25, 0.3) is 10.0 Å². The summed E-state index contributed by atoms with van der Waals surface area (Å²) in [5.41, 5.74) is 2.79. The lowest BCUT2D eigenvalue weighted by atomic mass is 10.1. The molecule has 130 valence electrons. The molecule has 3 aromatic rings. The largest absolute Gasteiger partial charge is 0.276 e. The smallest absolute Gasteiger partial charge is 0.261 e. The standard InChI is InChI=1S/C19H21N3O2S/c1-2-16-8-10-19(11-9-16)25(23,24)21-18-14-20-22(15-18)13-12-17-6-4-3-5-7-17/h3-11,14-15,21H,2,12-13H2,1H3. The van der Waals surface area contributed by atoms with Crippen molar-refractivity contribution in [2.24, 2.45) is 0 Å². The van der Waals surface area contributed by atoms with Crippen molar-refractivity contribution in [3.63, 3.8) is 0 Å². The van der Waals surface area contributed by atoms with Crippen LogP contribution >= 0.6 is 0 Å². The zero-order valence-corrected chi connectivity index (χ0v) is 14.9. The summed E-state index contributed by atoms with van der Waals surface area (Å²) in [7, 11) is -3.60. The Balaban J connectivity index is 1.65. The predicted molar refractivity (Wildman–Crippen MR) is 99.0 cm³/mol. The lowest BCUT2D eigenvalue weighted by Crippen LogP contribution is -2.12. The molecule has 0 aliphatic rings. The zero-order chi connectivity index (χ0) is 17.7. The highest BCUT2D eigenvalue weighted by Crippen LogP contribution is 2.16. The van der Waals surface area contributed by atoms with Crippen molar-refractivity contribution in [2.75, 3.05) is 4.72 Å². The third-order valence-electron chi connectivity index (χ3n) is 4.00. The fourth-order valence-corrected chi connectivity index (χ4v) is 3.57. The Bertz CT molecular complexity index is 917. The van der Waals surface area contributed by atoms with Gasteiger partial charge in [-0.25, -0.2) is 8.42 Å². The van der Waals surface area contributed by atoms with Crippen LogP contribution in [0.1, 0.15) is 18.1 Å². The highest BCUT2D eigenvalue weighted by atomic mass is 32.2. The summed E-state index contributed by atoms with van der Waals surface area (Å²) in [4.78, 5) is 0.252. The number of nitrogens with one attached hydrogen (secondary N) is 1. The van der Waals surface area contributed by atoms with Crippen LogP contribution in [0.15, 0.2) is 71.9 Å². The lowest BCUT2D eigenvalue weighted by Gasteiger charge is -2.06. The Kier molecular flexibility index (Phi) is 5.19. The monoisotopic (exact) mass is 355 g/mol. The quantitative estimate of drug-likeness (QED) is 0.706. The number of hydrogen-bond donors (Lipinski definition) is 1. The number of rotatable bonds is 7. The Morgan fingerprint density at radius 1 is 1.00 bits per heavy atom. The normalized spacial score (nSPS) is 11.4. The van der Waals surface area contributed by atoms with Crippen molar-refractivity contribution >= 4 is 15.7 Å². The van der Waals surface area contributed by atoms with E-state index in [4.69, 9.17) is 0 Å². The first-order chi connectivity index (χ1) is 12.1. The molecule has 0 spiro atoms. The third kappa shape index (κ3) is 4.48. The van der Waals surface area contributed by atoms with Crippen molar-refractivity contribution in [3.8, 4) is 0 Å². The molecule has 3 rings (SSSR count). The summed E-state index contributed by atoms with van der Waals surface area (Å²) >= 11 is 0. The Hall–Kier alpha value is -2.60. The van der Waals surface area contributed by atoms with E-state index in [0.29, 0.717) is 12.2 Å². The van der Waals surface area contributed by atoms with Crippen LogP contribution in [-0.4, -0.2) is 18.2 Å². The van der Waals surface area contributed by atoms with Crippen LogP contribution in [0.3, 0.4) is 0 Å². The number of anilines is 1. The van der Waals surface area contributed by atoms with Gasteiger partial charge in [-0.1, -0.05) is 49.4 Å². The van der Waals surface area contributed by atoms with Gasteiger partial charge in [-0.2, -0.15) is 5.10 Å². The molecule has 0 amide bonds. The second-order valence-corrected chi connectivity index (χ2v) is 7.51. The molecule has 0 atom stereocenters. The number of benzene rings is 2. The van der Waals surface area contributed by atoms with E-state index in [9.17, 15) is 8.42 Å². The second kappa shape index (κ2) is 7.53. The first-order valence-electron chi connectivity index (χ1n) is 8.25. The van der Waals surface area contributed by atoms with E-state index >= 15 is 0 Å². The van der Waals surface area contributed by atoms with Crippen LogP contribution < -0.4 is 4.72 Å². The molecule has 0 bridgehead atoms. The molecule has 0 fully saturated rings. The minimum atomic E-state index is -3.60. The summed E-state index contributed by atoms with van der Waals surface area (Å²) in [6, 6.07) is 17.0. The topological polar surface area (TPSA) is 64.0 Å². The number of sulfonamides is 1. The fraction of sp³-hybridized carbons (Fsp3) is 0.211. The van der Waals surface area contributed by atoms with Crippen LogP contribution in [0.2, 0.25) is 0 Å². The van der Waals surface area contributed by atoms with Crippen LogP contribution in [0.4, 0.5) is 5.69 Å². The van der Waals surface area contributed by atoms with E-state index < -0.39 is 10.0 Å².